The summed E-state index contributed by atoms with van der Waals surface area (Å²) in [6.45, 7) is 8.96. The van der Waals surface area contributed by atoms with Gasteiger partial charge < -0.3 is 19.9 Å². The topological polar surface area (TPSA) is 84.9 Å². The minimum absolute atomic E-state index is 0.0211. The minimum Gasteiger partial charge on any atom is -0.493 e. The molecule has 0 radical (unpaired) electrons. The summed E-state index contributed by atoms with van der Waals surface area (Å²) >= 11 is 0. The second-order valence-corrected chi connectivity index (χ2v) is 8.45. The normalized spacial score (nSPS) is 11.0. The third kappa shape index (κ3) is 9.53. The molecule has 6 heteroatoms. The Bertz CT molecular complexity index is 1030. The summed E-state index contributed by atoms with van der Waals surface area (Å²) in [7, 11) is 0. The molecular formula is C28H35NO5. The second kappa shape index (κ2) is 13.9. The van der Waals surface area contributed by atoms with Gasteiger partial charge in [-0.2, -0.15) is 0 Å². The maximum Gasteiger partial charge on any atom is 0.303 e. The van der Waals surface area contributed by atoms with E-state index in [4.69, 9.17) is 14.6 Å². The van der Waals surface area contributed by atoms with E-state index < -0.39 is 5.97 Å². The average Bonchev–Trinajstić information content (AvgIpc) is 2.78. The molecule has 2 aromatic rings. The van der Waals surface area contributed by atoms with Crippen molar-refractivity contribution in [1.29, 1.82) is 0 Å². The van der Waals surface area contributed by atoms with Crippen LogP contribution in [0.2, 0.25) is 0 Å². The van der Waals surface area contributed by atoms with Crippen molar-refractivity contribution in [3.05, 3.63) is 76.9 Å². The van der Waals surface area contributed by atoms with Gasteiger partial charge in [0.25, 0.3) is 5.91 Å². The van der Waals surface area contributed by atoms with E-state index >= 15 is 0 Å². The Morgan fingerprint density at radius 3 is 2.47 bits per heavy atom. The van der Waals surface area contributed by atoms with Crippen LogP contribution in [0.5, 0.6) is 11.5 Å². The van der Waals surface area contributed by atoms with Gasteiger partial charge in [-0.3, -0.25) is 9.59 Å². The van der Waals surface area contributed by atoms with Crippen LogP contribution < -0.4 is 14.8 Å². The molecule has 2 aromatic carbocycles. The Morgan fingerprint density at radius 2 is 1.76 bits per heavy atom. The van der Waals surface area contributed by atoms with Crippen molar-refractivity contribution in [2.45, 2.75) is 53.4 Å². The van der Waals surface area contributed by atoms with E-state index in [1.54, 1.807) is 24.3 Å². The van der Waals surface area contributed by atoms with Crippen LogP contribution in [-0.4, -0.2) is 30.2 Å². The maximum atomic E-state index is 12.9. The van der Waals surface area contributed by atoms with Crippen molar-refractivity contribution in [2.24, 2.45) is 0 Å². The number of allylic oxidation sites excluding steroid dienone is 3. The van der Waals surface area contributed by atoms with Gasteiger partial charge in [0, 0.05) is 12.1 Å². The number of para-hydroxylation sites is 1. The molecule has 182 valence electrons. The number of anilines is 1. The summed E-state index contributed by atoms with van der Waals surface area (Å²) in [4.78, 5) is 23.5. The zero-order chi connectivity index (χ0) is 24.9. The number of rotatable bonds is 13. The highest BCUT2D eigenvalue weighted by Gasteiger charge is 2.14. The van der Waals surface area contributed by atoms with E-state index in [9.17, 15) is 9.59 Å². The van der Waals surface area contributed by atoms with Gasteiger partial charge in [-0.15, -0.1) is 0 Å². The van der Waals surface area contributed by atoms with Crippen molar-refractivity contribution in [3.8, 4) is 11.5 Å². The van der Waals surface area contributed by atoms with E-state index in [1.807, 2.05) is 25.1 Å². The summed E-state index contributed by atoms with van der Waals surface area (Å²) in [6.07, 6.45) is 6.77. The van der Waals surface area contributed by atoms with Crippen LogP contribution in [0.3, 0.4) is 0 Å². The molecule has 2 rings (SSSR count). The molecule has 0 aliphatic rings. The fourth-order valence-corrected chi connectivity index (χ4v) is 3.21. The number of aryl methyl sites for hydroxylation is 1. The fraction of sp³-hybridized carbons (Fsp3) is 0.357. The van der Waals surface area contributed by atoms with Crippen LogP contribution in [0.15, 0.2) is 65.8 Å². The molecule has 0 aliphatic carbocycles. The standard InChI is InChI=1S/C28H35NO5/c1-20(2)9-7-10-21(3)16-18-33-23-14-15-25(22(4)19-23)29-28(32)24-11-5-6-12-26(24)34-17-8-13-27(30)31/h5-6,9,11-12,14-16,19H,7-8,10,13,17-18H2,1-4H3,(H,29,32)(H,30,31). The van der Waals surface area contributed by atoms with Crippen molar-refractivity contribution in [1.82, 2.24) is 0 Å². The largest absolute Gasteiger partial charge is 0.493 e. The highest BCUT2D eigenvalue weighted by atomic mass is 16.5. The van der Waals surface area contributed by atoms with Crippen LogP contribution >= 0.6 is 0 Å². The molecule has 34 heavy (non-hydrogen) atoms. The lowest BCUT2D eigenvalue weighted by Crippen LogP contribution is -2.15. The summed E-state index contributed by atoms with van der Waals surface area (Å²) < 4.78 is 11.5. The Labute approximate surface area is 202 Å². The van der Waals surface area contributed by atoms with E-state index in [-0.39, 0.29) is 18.9 Å². The molecule has 2 N–H and O–H groups in total. The number of hydrogen-bond donors (Lipinski definition) is 2. The number of benzene rings is 2. The highest BCUT2D eigenvalue weighted by molar-refractivity contribution is 6.06. The Kier molecular flexibility index (Phi) is 10.9. The SMILES string of the molecule is CC(C)=CCCC(C)=CCOc1ccc(NC(=O)c2ccccc2OCCCC(=O)O)c(C)c1. The smallest absolute Gasteiger partial charge is 0.303 e. The zero-order valence-corrected chi connectivity index (χ0v) is 20.5. The lowest BCUT2D eigenvalue weighted by molar-refractivity contribution is -0.137. The molecule has 1 amide bonds. The zero-order valence-electron chi connectivity index (χ0n) is 20.5. The Morgan fingerprint density at radius 1 is 1.00 bits per heavy atom. The minimum atomic E-state index is -0.872. The first-order valence-electron chi connectivity index (χ1n) is 11.5. The molecule has 0 saturated heterocycles. The third-order valence-corrected chi connectivity index (χ3v) is 5.14. The predicted octanol–water partition coefficient (Wildman–Crippen LogP) is 6.56. The third-order valence-electron chi connectivity index (χ3n) is 5.14. The highest BCUT2D eigenvalue weighted by Crippen LogP contribution is 2.24. The van der Waals surface area contributed by atoms with E-state index in [2.05, 4.69) is 38.2 Å². The molecule has 0 fully saturated rings. The van der Waals surface area contributed by atoms with Crippen molar-refractivity contribution in [2.75, 3.05) is 18.5 Å². The van der Waals surface area contributed by atoms with Gasteiger partial charge in [0.1, 0.15) is 18.1 Å². The van der Waals surface area contributed by atoms with Gasteiger partial charge in [-0.25, -0.2) is 0 Å². The maximum absolute atomic E-state index is 12.9. The molecule has 0 bridgehead atoms. The van der Waals surface area contributed by atoms with Gasteiger partial charge >= 0.3 is 5.97 Å². The second-order valence-electron chi connectivity index (χ2n) is 8.45. The molecule has 0 unspecified atom stereocenters. The van der Waals surface area contributed by atoms with E-state index in [1.165, 1.54) is 11.1 Å². The van der Waals surface area contributed by atoms with Gasteiger partial charge in [0.2, 0.25) is 0 Å². The number of ether oxygens (including phenoxy) is 2. The number of hydrogen-bond acceptors (Lipinski definition) is 4. The molecule has 0 saturated carbocycles. The molecule has 0 aliphatic heterocycles. The van der Waals surface area contributed by atoms with Crippen LogP contribution in [0.4, 0.5) is 5.69 Å². The Hall–Kier alpha value is -3.54. The molecular weight excluding hydrogens is 430 g/mol. The number of amides is 1. The molecule has 0 heterocycles. The van der Waals surface area contributed by atoms with Crippen LogP contribution in [-0.2, 0) is 4.79 Å². The Balaban J connectivity index is 1.94. The van der Waals surface area contributed by atoms with Crippen LogP contribution in [0.1, 0.15) is 62.4 Å². The lowest BCUT2D eigenvalue weighted by Gasteiger charge is -2.13. The number of carbonyl (C=O) groups is 2. The van der Waals surface area contributed by atoms with Gasteiger partial charge in [-0.05, 0) is 88.9 Å². The average molecular weight is 466 g/mol. The fourth-order valence-electron chi connectivity index (χ4n) is 3.21. The van der Waals surface area contributed by atoms with Crippen molar-refractivity contribution >= 4 is 17.6 Å². The summed E-state index contributed by atoms with van der Waals surface area (Å²) in [6, 6.07) is 12.5. The number of aliphatic carboxylic acids is 1. The van der Waals surface area contributed by atoms with Gasteiger partial charge in [0.05, 0.1) is 12.2 Å². The van der Waals surface area contributed by atoms with E-state index in [0.717, 1.165) is 24.2 Å². The van der Waals surface area contributed by atoms with Crippen LogP contribution in [0.25, 0.3) is 0 Å². The first kappa shape index (κ1) is 26.7. The van der Waals surface area contributed by atoms with Crippen molar-refractivity contribution in [3.63, 3.8) is 0 Å². The number of nitrogens with one attached hydrogen (secondary N) is 1. The molecule has 6 nitrogen and oxygen atoms in total. The van der Waals surface area contributed by atoms with Crippen LogP contribution in [0, 0.1) is 6.92 Å². The molecule has 0 spiro atoms. The number of carboxylic acids is 1. The predicted molar refractivity (Wildman–Crippen MR) is 136 cm³/mol. The summed E-state index contributed by atoms with van der Waals surface area (Å²) in [5, 5.41) is 11.7. The monoisotopic (exact) mass is 465 g/mol. The van der Waals surface area contributed by atoms with Crippen molar-refractivity contribution < 1.29 is 24.2 Å². The molecule has 0 atom stereocenters. The number of carboxylic acid groups (broad SMARTS) is 1. The van der Waals surface area contributed by atoms with Gasteiger partial charge in [-0.1, -0.05) is 29.4 Å². The first-order chi connectivity index (χ1) is 16.3. The van der Waals surface area contributed by atoms with E-state index in [0.29, 0.717) is 30.0 Å². The van der Waals surface area contributed by atoms with Gasteiger partial charge in [0.15, 0.2) is 0 Å². The quantitative estimate of drug-likeness (QED) is 0.258. The molecule has 0 aromatic heterocycles. The number of carbonyl (C=O) groups excluding carboxylic acids is 1. The lowest BCUT2D eigenvalue weighted by atomic mass is 10.1. The summed E-state index contributed by atoms with van der Waals surface area (Å²) in [5.74, 6) is 0.00411. The summed E-state index contributed by atoms with van der Waals surface area (Å²) in [5.41, 5.74) is 4.59. The first-order valence-corrected chi connectivity index (χ1v) is 11.5.